The molecule has 0 radical (unpaired) electrons. The predicted molar refractivity (Wildman–Crippen MR) is 58.9 cm³/mol. The molecule has 2 saturated heterocycles. The van der Waals surface area contributed by atoms with Gasteiger partial charge in [0.05, 0.1) is 0 Å². The monoisotopic (exact) mass is 218 g/mol. The Balaban J connectivity index is 1.59. The third kappa shape index (κ3) is 1.35. The number of likely N-dealkylation sites (tertiary alicyclic amines) is 1. The van der Waals surface area contributed by atoms with Gasteiger partial charge in [-0.2, -0.15) is 0 Å². The van der Waals surface area contributed by atoms with Gasteiger partial charge in [-0.15, -0.1) is 0 Å². The molecule has 1 aromatic rings. The number of anilines is 1. The van der Waals surface area contributed by atoms with Crippen LogP contribution in [-0.4, -0.2) is 47.0 Å². The zero-order valence-corrected chi connectivity index (χ0v) is 9.26. The molecule has 16 heavy (non-hydrogen) atoms. The van der Waals surface area contributed by atoms with Crippen molar-refractivity contribution in [3.05, 3.63) is 18.6 Å². The first-order valence-corrected chi connectivity index (χ1v) is 5.45. The van der Waals surface area contributed by atoms with Gasteiger partial charge in [-0.25, -0.2) is 9.97 Å². The van der Waals surface area contributed by atoms with E-state index in [2.05, 4.69) is 14.9 Å². The van der Waals surface area contributed by atoms with Gasteiger partial charge in [0.2, 0.25) is 5.91 Å². The van der Waals surface area contributed by atoms with E-state index in [0.717, 1.165) is 32.0 Å². The number of nitrogens with zero attached hydrogens (tertiary/aromatic N) is 4. The molecule has 0 saturated carbocycles. The Morgan fingerprint density at radius 1 is 1.38 bits per heavy atom. The summed E-state index contributed by atoms with van der Waals surface area (Å²) in [7, 11) is 0. The van der Waals surface area contributed by atoms with E-state index in [4.69, 9.17) is 0 Å². The van der Waals surface area contributed by atoms with E-state index in [9.17, 15) is 4.79 Å². The molecule has 0 atom stereocenters. The summed E-state index contributed by atoms with van der Waals surface area (Å²) in [5.41, 5.74) is 0.344. The quantitative estimate of drug-likeness (QED) is 0.673. The highest BCUT2D eigenvalue weighted by Crippen LogP contribution is 2.40. The zero-order chi connectivity index (χ0) is 11.2. The summed E-state index contributed by atoms with van der Waals surface area (Å²) < 4.78 is 0. The highest BCUT2D eigenvalue weighted by molar-refractivity contribution is 5.74. The SMILES string of the molecule is CC(=O)N1CC2(C1)CN(c1ccncn1)C2. The summed E-state index contributed by atoms with van der Waals surface area (Å²) in [6.07, 6.45) is 3.33. The molecule has 0 aromatic carbocycles. The van der Waals surface area contributed by atoms with Crippen molar-refractivity contribution in [2.75, 3.05) is 31.1 Å². The summed E-state index contributed by atoms with van der Waals surface area (Å²) in [6.45, 7) is 5.46. The Morgan fingerprint density at radius 2 is 2.12 bits per heavy atom. The van der Waals surface area contributed by atoms with Crippen LogP contribution in [0.2, 0.25) is 0 Å². The molecule has 2 fully saturated rings. The van der Waals surface area contributed by atoms with Crippen molar-refractivity contribution in [2.45, 2.75) is 6.92 Å². The third-order valence-corrected chi connectivity index (χ3v) is 3.44. The molecule has 2 aliphatic heterocycles. The van der Waals surface area contributed by atoms with Crippen molar-refractivity contribution < 1.29 is 4.79 Å². The maximum absolute atomic E-state index is 11.1. The average molecular weight is 218 g/mol. The molecular weight excluding hydrogens is 204 g/mol. The standard InChI is InChI=1S/C11H14N4O/c1-9(16)14-4-11(5-14)6-15(7-11)10-2-3-12-8-13-10/h2-3,8H,4-7H2,1H3. The maximum atomic E-state index is 11.1. The molecule has 0 N–H and O–H groups in total. The Hall–Kier alpha value is -1.65. The van der Waals surface area contributed by atoms with Gasteiger partial charge in [0.1, 0.15) is 12.1 Å². The van der Waals surface area contributed by atoms with E-state index in [1.165, 1.54) is 0 Å². The first-order valence-electron chi connectivity index (χ1n) is 5.45. The van der Waals surface area contributed by atoms with E-state index < -0.39 is 0 Å². The molecule has 1 aromatic heterocycles. The number of amides is 1. The molecule has 1 amide bonds. The van der Waals surface area contributed by atoms with Crippen LogP contribution in [0.3, 0.4) is 0 Å². The topological polar surface area (TPSA) is 49.3 Å². The average Bonchev–Trinajstić information content (AvgIpc) is 2.14. The van der Waals surface area contributed by atoms with Crippen LogP contribution < -0.4 is 4.90 Å². The lowest BCUT2D eigenvalue weighted by atomic mass is 9.73. The fourth-order valence-electron chi connectivity index (χ4n) is 2.58. The van der Waals surface area contributed by atoms with Gasteiger partial charge >= 0.3 is 0 Å². The fourth-order valence-corrected chi connectivity index (χ4v) is 2.58. The molecule has 2 aliphatic rings. The van der Waals surface area contributed by atoms with Gasteiger partial charge in [-0.3, -0.25) is 4.79 Å². The fraction of sp³-hybridized carbons (Fsp3) is 0.545. The minimum atomic E-state index is 0.186. The highest BCUT2D eigenvalue weighted by Gasteiger charge is 2.52. The number of hydrogen-bond acceptors (Lipinski definition) is 4. The molecule has 5 nitrogen and oxygen atoms in total. The molecule has 3 rings (SSSR count). The molecule has 5 heteroatoms. The van der Waals surface area contributed by atoms with Crippen LogP contribution in [0, 0.1) is 5.41 Å². The zero-order valence-electron chi connectivity index (χ0n) is 9.26. The minimum absolute atomic E-state index is 0.186. The lowest BCUT2D eigenvalue weighted by molar-refractivity contribution is -0.142. The minimum Gasteiger partial charge on any atom is -0.355 e. The summed E-state index contributed by atoms with van der Waals surface area (Å²) in [4.78, 5) is 23.3. The van der Waals surface area contributed by atoms with Gasteiger partial charge in [0.25, 0.3) is 0 Å². The number of carbonyl (C=O) groups excluding carboxylic acids is 1. The maximum Gasteiger partial charge on any atom is 0.219 e. The van der Waals surface area contributed by atoms with E-state index in [-0.39, 0.29) is 5.91 Å². The predicted octanol–water partition coefficient (Wildman–Crippen LogP) is 0.145. The lowest BCUT2D eigenvalue weighted by Crippen LogP contribution is -2.73. The van der Waals surface area contributed by atoms with E-state index in [1.54, 1.807) is 19.4 Å². The normalized spacial score (nSPS) is 21.6. The Bertz CT molecular complexity index is 405. The van der Waals surface area contributed by atoms with Crippen molar-refractivity contribution in [1.29, 1.82) is 0 Å². The van der Waals surface area contributed by atoms with Crippen LogP contribution in [0.15, 0.2) is 18.6 Å². The lowest BCUT2D eigenvalue weighted by Gasteiger charge is -2.60. The van der Waals surface area contributed by atoms with Gasteiger partial charge in [-0.05, 0) is 6.07 Å². The first kappa shape index (κ1) is 9.57. The Morgan fingerprint density at radius 3 is 2.69 bits per heavy atom. The molecular formula is C11H14N4O. The molecule has 0 bridgehead atoms. The van der Waals surface area contributed by atoms with Crippen LogP contribution in [0.1, 0.15) is 6.92 Å². The number of carbonyl (C=O) groups is 1. The van der Waals surface area contributed by atoms with Crippen LogP contribution in [0.4, 0.5) is 5.82 Å². The summed E-state index contributed by atoms with van der Waals surface area (Å²) in [5.74, 6) is 1.17. The van der Waals surface area contributed by atoms with Crippen LogP contribution >= 0.6 is 0 Å². The highest BCUT2D eigenvalue weighted by atomic mass is 16.2. The Kier molecular flexibility index (Phi) is 1.89. The number of aromatic nitrogens is 2. The second-order valence-electron chi connectivity index (χ2n) is 4.80. The van der Waals surface area contributed by atoms with Gasteiger partial charge in [-0.1, -0.05) is 0 Å². The van der Waals surface area contributed by atoms with Crippen molar-refractivity contribution in [1.82, 2.24) is 14.9 Å². The van der Waals surface area contributed by atoms with Crippen molar-refractivity contribution in [3.8, 4) is 0 Å². The number of hydrogen-bond donors (Lipinski definition) is 0. The smallest absolute Gasteiger partial charge is 0.219 e. The van der Waals surface area contributed by atoms with Crippen molar-refractivity contribution in [2.24, 2.45) is 5.41 Å². The van der Waals surface area contributed by atoms with Gasteiger partial charge in [0.15, 0.2) is 0 Å². The summed E-state index contributed by atoms with van der Waals surface area (Å²) in [6, 6.07) is 1.92. The Labute approximate surface area is 94.1 Å². The van der Waals surface area contributed by atoms with Gasteiger partial charge < -0.3 is 9.80 Å². The number of rotatable bonds is 1. The van der Waals surface area contributed by atoms with E-state index in [1.807, 2.05) is 11.0 Å². The molecule has 3 heterocycles. The second kappa shape index (κ2) is 3.17. The largest absolute Gasteiger partial charge is 0.355 e. The van der Waals surface area contributed by atoms with Crippen molar-refractivity contribution in [3.63, 3.8) is 0 Å². The van der Waals surface area contributed by atoms with Crippen LogP contribution in [-0.2, 0) is 4.79 Å². The molecule has 84 valence electrons. The van der Waals surface area contributed by atoms with E-state index in [0.29, 0.717) is 5.41 Å². The molecule has 0 aliphatic carbocycles. The summed E-state index contributed by atoms with van der Waals surface area (Å²) in [5, 5.41) is 0. The molecule has 1 spiro atoms. The first-order chi connectivity index (χ1) is 7.69. The third-order valence-electron chi connectivity index (χ3n) is 3.44. The van der Waals surface area contributed by atoms with Crippen LogP contribution in [0.5, 0.6) is 0 Å². The summed E-state index contributed by atoms with van der Waals surface area (Å²) >= 11 is 0. The van der Waals surface area contributed by atoms with Crippen molar-refractivity contribution >= 4 is 11.7 Å². The van der Waals surface area contributed by atoms with Crippen LogP contribution in [0.25, 0.3) is 0 Å². The second-order valence-corrected chi connectivity index (χ2v) is 4.80. The van der Waals surface area contributed by atoms with Gasteiger partial charge in [0, 0.05) is 44.7 Å². The molecule has 0 unspecified atom stereocenters. The van der Waals surface area contributed by atoms with E-state index >= 15 is 0 Å².